The second-order valence-corrected chi connectivity index (χ2v) is 5.90. The molecule has 0 aromatic carbocycles. The third kappa shape index (κ3) is 4.02. The summed E-state index contributed by atoms with van der Waals surface area (Å²) in [4.78, 5) is 15.8. The minimum absolute atomic E-state index is 0.0923. The number of anilines is 1. The molecule has 4 atom stereocenters. The Hall–Kier alpha value is -1.74. The fourth-order valence-electron chi connectivity index (χ4n) is 2.64. The lowest BCUT2D eigenvalue weighted by atomic mass is 10.1. The Labute approximate surface area is 140 Å². The molecular weight excluding hydrogens is 314 g/mol. The van der Waals surface area contributed by atoms with Gasteiger partial charge >= 0.3 is 5.69 Å². The molecule has 0 bridgehead atoms. The molecule has 24 heavy (non-hydrogen) atoms. The number of nitrogens with two attached hydrogens (primary N) is 1. The van der Waals surface area contributed by atoms with Gasteiger partial charge in [-0.25, -0.2) is 4.79 Å². The van der Waals surface area contributed by atoms with Crippen LogP contribution in [0.5, 0.6) is 0 Å². The molecule has 0 aliphatic carbocycles. The highest BCUT2D eigenvalue weighted by molar-refractivity contribution is 5.59. The average molecular weight is 339 g/mol. The zero-order valence-electron chi connectivity index (χ0n) is 13.7. The lowest BCUT2D eigenvalue weighted by Gasteiger charge is -2.18. The van der Waals surface area contributed by atoms with Gasteiger partial charge in [0.25, 0.3) is 0 Å². The van der Waals surface area contributed by atoms with Gasteiger partial charge in [0, 0.05) is 11.8 Å². The number of allylic oxidation sites excluding steroid dienone is 1. The molecule has 5 N–H and O–H groups in total. The van der Waals surface area contributed by atoms with Crippen LogP contribution in [0, 0.1) is 0 Å². The van der Waals surface area contributed by atoms with E-state index >= 15 is 0 Å². The van der Waals surface area contributed by atoms with E-state index in [2.05, 4.69) is 11.9 Å². The summed E-state index contributed by atoms with van der Waals surface area (Å²) in [5.74, 6) is 0.0923. The maximum atomic E-state index is 12.1. The van der Waals surface area contributed by atoms with Crippen LogP contribution in [0.3, 0.4) is 0 Å². The highest BCUT2D eigenvalue weighted by Crippen LogP contribution is 2.28. The van der Waals surface area contributed by atoms with Crippen molar-refractivity contribution >= 4 is 11.9 Å². The lowest BCUT2D eigenvalue weighted by molar-refractivity contribution is -0.0549. The number of rotatable bonds is 7. The van der Waals surface area contributed by atoms with Crippen LogP contribution in [0.15, 0.2) is 17.1 Å². The highest BCUT2D eigenvalue weighted by Gasteiger charge is 2.43. The molecule has 1 fully saturated rings. The third-order valence-corrected chi connectivity index (χ3v) is 4.07. The Bertz CT molecular complexity index is 631. The maximum Gasteiger partial charge on any atom is 0.351 e. The summed E-state index contributed by atoms with van der Waals surface area (Å²) >= 11 is 0. The van der Waals surface area contributed by atoms with Crippen molar-refractivity contribution in [2.24, 2.45) is 0 Å². The van der Waals surface area contributed by atoms with Crippen molar-refractivity contribution in [2.45, 2.75) is 57.1 Å². The van der Waals surface area contributed by atoms with Gasteiger partial charge in [-0.2, -0.15) is 4.98 Å². The van der Waals surface area contributed by atoms with Gasteiger partial charge in [-0.15, -0.1) is 0 Å². The van der Waals surface area contributed by atoms with Gasteiger partial charge in [0.05, 0.1) is 6.61 Å². The Morgan fingerprint density at radius 3 is 2.75 bits per heavy atom. The van der Waals surface area contributed by atoms with Gasteiger partial charge in [-0.3, -0.25) is 4.57 Å². The molecule has 0 saturated carbocycles. The van der Waals surface area contributed by atoms with Crippen LogP contribution < -0.4 is 11.4 Å². The smallest absolute Gasteiger partial charge is 0.351 e. The van der Waals surface area contributed by atoms with Gasteiger partial charge in [-0.05, 0) is 12.8 Å². The summed E-state index contributed by atoms with van der Waals surface area (Å²) in [5.41, 5.74) is 5.62. The predicted molar refractivity (Wildman–Crippen MR) is 89.1 cm³/mol. The van der Waals surface area contributed by atoms with Crippen LogP contribution in [0.1, 0.15) is 44.4 Å². The first kappa shape index (κ1) is 18.6. The summed E-state index contributed by atoms with van der Waals surface area (Å²) < 4.78 is 6.45. The number of unbranched alkanes of at least 4 members (excludes halogenated alkanes) is 3. The molecule has 2 heterocycles. The molecule has 1 aliphatic heterocycles. The van der Waals surface area contributed by atoms with Crippen LogP contribution in [-0.2, 0) is 4.74 Å². The van der Waals surface area contributed by atoms with E-state index in [4.69, 9.17) is 15.6 Å². The molecule has 1 aromatic heterocycles. The minimum atomic E-state index is -1.34. The lowest BCUT2D eigenvalue weighted by Crippen LogP contribution is -2.36. The van der Waals surface area contributed by atoms with Crippen molar-refractivity contribution in [3.05, 3.63) is 28.3 Å². The SMILES string of the molecule is CCCCCC=Cc1cn([C@@H]2O[C@H](CO)C(O)C2O)c(=O)nc1N. The summed E-state index contributed by atoms with van der Waals surface area (Å²) in [7, 11) is 0. The number of hydrogen-bond acceptors (Lipinski definition) is 7. The molecule has 2 unspecified atom stereocenters. The van der Waals surface area contributed by atoms with Crippen LogP contribution >= 0.6 is 0 Å². The van der Waals surface area contributed by atoms with Crippen molar-refractivity contribution in [3.8, 4) is 0 Å². The van der Waals surface area contributed by atoms with Crippen LogP contribution in [0.4, 0.5) is 5.82 Å². The number of aliphatic hydroxyl groups excluding tert-OH is 3. The summed E-state index contributed by atoms with van der Waals surface area (Å²) in [6, 6.07) is 0. The number of nitrogen functional groups attached to an aromatic ring is 1. The molecule has 134 valence electrons. The molecule has 0 radical (unpaired) electrons. The van der Waals surface area contributed by atoms with Crippen LogP contribution in [-0.4, -0.2) is 49.8 Å². The second kappa shape index (κ2) is 8.39. The molecular formula is C16H25N3O5. The van der Waals surface area contributed by atoms with Crippen molar-refractivity contribution in [1.82, 2.24) is 9.55 Å². The standard InChI is InChI=1S/C16H25N3O5/c1-2-3-4-5-6-7-10-8-19(16(23)18-14(10)17)15-13(22)12(21)11(9-20)24-15/h6-8,11-13,15,20-22H,2-5,9H2,1H3,(H2,17,18,23)/t11-,12?,13?,15-/m1/s1. The van der Waals surface area contributed by atoms with E-state index in [0.29, 0.717) is 5.56 Å². The minimum Gasteiger partial charge on any atom is -0.394 e. The molecule has 8 heteroatoms. The third-order valence-electron chi connectivity index (χ3n) is 4.07. The first-order valence-corrected chi connectivity index (χ1v) is 8.17. The average Bonchev–Trinajstić information content (AvgIpc) is 2.84. The molecule has 1 aliphatic rings. The fourth-order valence-corrected chi connectivity index (χ4v) is 2.64. The van der Waals surface area contributed by atoms with Crippen molar-refractivity contribution in [1.29, 1.82) is 0 Å². The number of hydrogen-bond donors (Lipinski definition) is 4. The van der Waals surface area contributed by atoms with E-state index in [-0.39, 0.29) is 5.82 Å². The Morgan fingerprint density at radius 2 is 2.12 bits per heavy atom. The molecule has 1 saturated heterocycles. The largest absolute Gasteiger partial charge is 0.394 e. The van der Waals surface area contributed by atoms with Gasteiger partial charge in [-0.1, -0.05) is 31.9 Å². The Balaban J connectivity index is 2.22. The van der Waals surface area contributed by atoms with E-state index < -0.39 is 36.8 Å². The fraction of sp³-hybridized carbons (Fsp3) is 0.625. The zero-order chi connectivity index (χ0) is 17.7. The van der Waals surface area contributed by atoms with Crippen molar-refractivity contribution in [2.75, 3.05) is 12.3 Å². The second-order valence-electron chi connectivity index (χ2n) is 5.90. The van der Waals surface area contributed by atoms with E-state index in [1.54, 1.807) is 6.08 Å². The first-order chi connectivity index (χ1) is 11.5. The molecule has 8 nitrogen and oxygen atoms in total. The van der Waals surface area contributed by atoms with Gasteiger partial charge in [0.1, 0.15) is 24.1 Å². The predicted octanol–water partition coefficient (Wildman–Crippen LogP) is 0.0305. The number of aromatic nitrogens is 2. The number of aliphatic hydroxyl groups is 3. The summed E-state index contributed by atoms with van der Waals surface area (Å²) in [6.45, 7) is 1.67. The van der Waals surface area contributed by atoms with Gasteiger partial charge in [0.2, 0.25) is 0 Å². The molecule has 0 amide bonds. The van der Waals surface area contributed by atoms with E-state index in [1.807, 2.05) is 6.08 Å². The quantitative estimate of drug-likeness (QED) is 0.515. The van der Waals surface area contributed by atoms with E-state index in [1.165, 1.54) is 6.20 Å². The van der Waals surface area contributed by atoms with Crippen molar-refractivity contribution < 1.29 is 20.1 Å². The topological polar surface area (TPSA) is 131 Å². The summed E-state index contributed by atoms with van der Waals surface area (Å²) in [5, 5.41) is 29.0. The van der Waals surface area contributed by atoms with Gasteiger partial charge < -0.3 is 25.8 Å². The molecule has 1 aromatic rings. The normalized spacial score (nSPS) is 27.2. The van der Waals surface area contributed by atoms with Crippen LogP contribution in [0.2, 0.25) is 0 Å². The first-order valence-electron chi connectivity index (χ1n) is 8.17. The Morgan fingerprint density at radius 1 is 1.38 bits per heavy atom. The Kier molecular flexibility index (Phi) is 6.50. The number of nitrogens with zero attached hydrogens (tertiary/aromatic N) is 2. The summed E-state index contributed by atoms with van der Waals surface area (Å²) in [6.07, 6.45) is 4.70. The molecule has 2 rings (SSSR count). The van der Waals surface area contributed by atoms with Crippen LogP contribution in [0.25, 0.3) is 6.08 Å². The van der Waals surface area contributed by atoms with E-state index in [0.717, 1.165) is 30.3 Å². The van der Waals surface area contributed by atoms with Crippen molar-refractivity contribution in [3.63, 3.8) is 0 Å². The molecule has 0 spiro atoms. The van der Waals surface area contributed by atoms with Gasteiger partial charge in [0.15, 0.2) is 6.23 Å². The highest BCUT2D eigenvalue weighted by atomic mass is 16.6. The number of ether oxygens (including phenoxy) is 1. The van der Waals surface area contributed by atoms with E-state index in [9.17, 15) is 15.0 Å². The zero-order valence-corrected chi connectivity index (χ0v) is 13.7. The maximum absolute atomic E-state index is 12.1. The monoisotopic (exact) mass is 339 g/mol.